The molecule has 112 valence electrons. The molecule has 0 radical (unpaired) electrons. The van der Waals surface area contributed by atoms with Crippen molar-refractivity contribution in [1.29, 1.82) is 0 Å². The van der Waals surface area contributed by atoms with Gasteiger partial charge in [0.15, 0.2) is 0 Å². The standard InChI is InChI=1S/C15H19N3O3/c1-2-3-13(14(20)17-9-19)18-8-11-6-10(7-16)4-5-12(11)15(18)21/h4-6,9,13H,2-3,7-8,16H2,1H3,(H,17,19,20). The Hall–Kier alpha value is -2.21. The first-order valence-electron chi connectivity index (χ1n) is 6.99. The van der Waals surface area contributed by atoms with Gasteiger partial charge in [-0.05, 0) is 23.6 Å². The highest BCUT2D eigenvalue weighted by Gasteiger charge is 2.35. The number of fused-ring (bicyclic) bond motifs is 1. The Kier molecular flexibility index (Phi) is 4.70. The van der Waals surface area contributed by atoms with E-state index >= 15 is 0 Å². The van der Waals surface area contributed by atoms with E-state index in [0.29, 0.717) is 31.5 Å². The number of carbonyl (C=O) groups excluding carboxylic acids is 3. The highest BCUT2D eigenvalue weighted by Crippen LogP contribution is 2.27. The highest BCUT2D eigenvalue weighted by molar-refractivity contribution is 6.02. The zero-order valence-corrected chi connectivity index (χ0v) is 12.0. The van der Waals surface area contributed by atoms with Gasteiger partial charge in [0.2, 0.25) is 12.3 Å². The van der Waals surface area contributed by atoms with Gasteiger partial charge in [0, 0.05) is 18.7 Å². The summed E-state index contributed by atoms with van der Waals surface area (Å²) >= 11 is 0. The minimum Gasteiger partial charge on any atom is -0.326 e. The lowest BCUT2D eigenvalue weighted by molar-refractivity contribution is -0.129. The summed E-state index contributed by atoms with van der Waals surface area (Å²) in [6, 6.07) is 4.84. The van der Waals surface area contributed by atoms with Crippen molar-refractivity contribution in [2.24, 2.45) is 5.73 Å². The maximum Gasteiger partial charge on any atom is 0.255 e. The maximum absolute atomic E-state index is 12.4. The fraction of sp³-hybridized carbons (Fsp3) is 0.400. The van der Waals surface area contributed by atoms with Gasteiger partial charge in [-0.25, -0.2) is 0 Å². The number of benzene rings is 1. The molecule has 21 heavy (non-hydrogen) atoms. The van der Waals surface area contributed by atoms with E-state index in [1.165, 1.54) is 4.90 Å². The summed E-state index contributed by atoms with van der Waals surface area (Å²) in [5.74, 6) is -0.611. The van der Waals surface area contributed by atoms with Crippen LogP contribution in [0.5, 0.6) is 0 Å². The van der Waals surface area contributed by atoms with Crippen LogP contribution in [-0.4, -0.2) is 29.2 Å². The largest absolute Gasteiger partial charge is 0.326 e. The van der Waals surface area contributed by atoms with Crippen LogP contribution in [0.4, 0.5) is 0 Å². The highest BCUT2D eigenvalue weighted by atomic mass is 16.2. The molecule has 1 aromatic carbocycles. The van der Waals surface area contributed by atoms with Crippen LogP contribution in [0.15, 0.2) is 18.2 Å². The summed E-state index contributed by atoms with van der Waals surface area (Å²) in [4.78, 5) is 36.4. The molecule has 0 bridgehead atoms. The molecule has 6 nitrogen and oxygen atoms in total. The number of nitrogens with one attached hydrogen (secondary N) is 1. The number of hydrogen-bond donors (Lipinski definition) is 2. The quantitative estimate of drug-likeness (QED) is 0.748. The summed E-state index contributed by atoms with van der Waals surface area (Å²) < 4.78 is 0. The van der Waals surface area contributed by atoms with E-state index < -0.39 is 11.9 Å². The second-order valence-corrected chi connectivity index (χ2v) is 5.06. The van der Waals surface area contributed by atoms with Crippen molar-refractivity contribution in [3.8, 4) is 0 Å². The summed E-state index contributed by atoms with van der Waals surface area (Å²) in [5.41, 5.74) is 8.04. The third-order valence-corrected chi connectivity index (χ3v) is 3.68. The second kappa shape index (κ2) is 6.49. The molecule has 0 saturated carbocycles. The van der Waals surface area contributed by atoms with Crippen molar-refractivity contribution in [2.45, 2.75) is 38.9 Å². The van der Waals surface area contributed by atoms with Gasteiger partial charge in [-0.1, -0.05) is 25.5 Å². The molecule has 1 heterocycles. The molecule has 6 heteroatoms. The van der Waals surface area contributed by atoms with Crippen molar-refractivity contribution in [3.05, 3.63) is 34.9 Å². The Bertz CT molecular complexity index is 571. The van der Waals surface area contributed by atoms with E-state index in [4.69, 9.17) is 5.73 Å². The van der Waals surface area contributed by atoms with Gasteiger partial charge < -0.3 is 10.6 Å². The molecule has 1 unspecified atom stereocenters. The van der Waals surface area contributed by atoms with Gasteiger partial charge >= 0.3 is 0 Å². The smallest absolute Gasteiger partial charge is 0.255 e. The Balaban J connectivity index is 2.26. The monoisotopic (exact) mass is 289 g/mol. The topological polar surface area (TPSA) is 92.5 Å². The lowest BCUT2D eigenvalue weighted by Gasteiger charge is -2.25. The average Bonchev–Trinajstić information content (AvgIpc) is 2.81. The first-order valence-corrected chi connectivity index (χ1v) is 6.99. The molecule has 0 saturated heterocycles. The van der Waals surface area contributed by atoms with Gasteiger partial charge in [0.25, 0.3) is 5.91 Å². The molecule has 1 aliphatic heterocycles. The fourth-order valence-corrected chi connectivity index (χ4v) is 2.63. The van der Waals surface area contributed by atoms with Crippen molar-refractivity contribution in [1.82, 2.24) is 10.2 Å². The van der Waals surface area contributed by atoms with Crippen LogP contribution in [0.3, 0.4) is 0 Å². The first-order chi connectivity index (χ1) is 10.1. The van der Waals surface area contributed by atoms with Crippen LogP contribution in [0.1, 0.15) is 41.3 Å². The average molecular weight is 289 g/mol. The normalized spacial score (nSPS) is 14.8. The number of nitrogens with zero attached hydrogens (tertiary/aromatic N) is 1. The van der Waals surface area contributed by atoms with Crippen LogP contribution in [0.25, 0.3) is 0 Å². The van der Waals surface area contributed by atoms with Crippen molar-refractivity contribution < 1.29 is 14.4 Å². The van der Waals surface area contributed by atoms with E-state index in [1.807, 2.05) is 19.1 Å². The van der Waals surface area contributed by atoms with Crippen LogP contribution in [-0.2, 0) is 22.7 Å². The molecule has 0 aromatic heterocycles. The molecule has 1 atom stereocenters. The Morgan fingerprint density at radius 2 is 2.29 bits per heavy atom. The third kappa shape index (κ3) is 2.95. The van der Waals surface area contributed by atoms with Crippen LogP contribution < -0.4 is 11.1 Å². The van der Waals surface area contributed by atoms with Gasteiger partial charge in [0.1, 0.15) is 6.04 Å². The summed E-state index contributed by atoms with van der Waals surface area (Å²) in [7, 11) is 0. The number of hydrogen-bond acceptors (Lipinski definition) is 4. The Morgan fingerprint density at radius 1 is 1.52 bits per heavy atom. The van der Waals surface area contributed by atoms with E-state index in [0.717, 1.165) is 17.5 Å². The van der Waals surface area contributed by atoms with Gasteiger partial charge in [0.05, 0.1) is 0 Å². The molecule has 0 fully saturated rings. The molecule has 3 amide bonds. The molecule has 0 spiro atoms. The first kappa shape index (κ1) is 15.2. The number of carbonyl (C=O) groups is 3. The third-order valence-electron chi connectivity index (χ3n) is 3.68. The lowest BCUT2D eigenvalue weighted by atomic mass is 10.1. The number of rotatable bonds is 6. The number of nitrogens with two attached hydrogens (primary N) is 1. The lowest BCUT2D eigenvalue weighted by Crippen LogP contribution is -2.46. The molecular weight excluding hydrogens is 270 g/mol. The van der Waals surface area contributed by atoms with E-state index in [-0.39, 0.29) is 5.91 Å². The van der Waals surface area contributed by atoms with Gasteiger partial charge in [-0.15, -0.1) is 0 Å². The van der Waals surface area contributed by atoms with Crippen LogP contribution in [0, 0.1) is 0 Å². The predicted molar refractivity (Wildman–Crippen MR) is 77.1 cm³/mol. The SMILES string of the molecule is CCCC(C(=O)NC=O)N1Cc2cc(CN)ccc2C1=O. The molecule has 1 aliphatic rings. The van der Waals surface area contributed by atoms with E-state index in [9.17, 15) is 14.4 Å². The zero-order chi connectivity index (χ0) is 15.4. The zero-order valence-electron chi connectivity index (χ0n) is 12.0. The van der Waals surface area contributed by atoms with Gasteiger partial charge in [-0.2, -0.15) is 0 Å². The van der Waals surface area contributed by atoms with Crippen LogP contribution >= 0.6 is 0 Å². The minimum atomic E-state index is -0.624. The molecule has 1 aromatic rings. The summed E-state index contributed by atoms with van der Waals surface area (Å²) in [5, 5.41) is 2.14. The summed E-state index contributed by atoms with van der Waals surface area (Å²) in [6.45, 7) is 2.71. The maximum atomic E-state index is 12.4. The Morgan fingerprint density at radius 3 is 2.90 bits per heavy atom. The molecule has 2 rings (SSSR count). The number of imide groups is 1. The second-order valence-electron chi connectivity index (χ2n) is 5.06. The minimum absolute atomic E-state index is 0.173. The fourth-order valence-electron chi connectivity index (χ4n) is 2.63. The predicted octanol–water partition coefficient (Wildman–Crippen LogP) is 0.542. The van der Waals surface area contributed by atoms with Crippen molar-refractivity contribution >= 4 is 18.2 Å². The molecular formula is C15H19N3O3. The van der Waals surface area contributed by atoms with Crippen LogP contribution in [0.2, 0.25) is 0 Å². The molecule has 3 N–H and O–H groups in total. The summed E-state index contributed by atoms with van der Waals surface area (Å²) in [6.07, 6.45) is 1.61. The van der Waals surface area contributed by atoms with Crippen molar-refractivity contribution in [3.63, 3.8) is 0 Å². The number of amides is 3. The van der Waals surface area contributed by atoms with E-state index in [1.54, 1.807) is 6.07 Å². The van der Waals surface area contributed by atoms with E-state index in [2.05, 4.69) is 5.32 Å². The van der Waals surface area contributed by atoms with Crippen molar-refractivity contribution in [2.75, 3.05) is 0 Å². The molecule has 0 aliphatic carbocycles. The Labute approximate surface area is 123 Å². The van der Waals surface area contributed by atoms with Gasteiger partial charge in [-0.3, -0.25) is 19.7 Å².